The van der Waals surface area contributed by atoms with Crippen molar-refractivity contribution in [3.63, 3.8) is 0 Å². The molecule has 0 aliphatic heterocycles. The van der Waals surface area contributed by atoms with E-state index in [-0.39, 0.29) is 17.1 Å². The van der Waals surface area contributed by atoms with Gasteiger partial charge < -0.3 is 10.1 Å². The molecule has 2 rings (SSSR count). The van der Waals surface area contributed by atoms with Gasteiger partial charge in [0.05, 0.1) is 11.1 Å². The third kappa shape index (κ3) is 5.45. The maximum atomic E-state index is 12.9. The largest absolute Gasteiger partial charge is 0.452 e. The van der Waals surface area contributed by atoms with Crippen molar-refractivity contribution in [1.29, 1.82) is 0 Å². The maximum Gasteiger partial charge on any atom is 0.416 e. The molecule has 0 radical (unpaired) electrons. The molecule has 0 unspecified atom stereocenters. The van der Waals surface area contributed by atoms with E-state index >= 15 is 0 Å². The van der Waals surface area contributed by atoms with Crippen LogP contribution in [-0.2, 0) is 22.3 Å². The van der Waals surface area contributed by atoms with Crippen LogP contribution in [0.25, 0.3) is 0 Å². The van der Waals surface area contributed by atoms with Crippen LogP contribution < -0.4 is 5.32 Å². The van der Waals surface area contributed by atoms with Crippen LogP contribution >= 0.6 is 11.6 Å². The zero-order valence-electron chi connectivity index (χ0n) is 13.1. The number of amides is 1. The molecule has 26 heavy (non-hydrogen) atoms. The second-order valence-corrected chi connectivity index (χ2v) is 5.57. The van der Waals surface area contributed by atoms with E-state index in [1.807, 2.05) is 0 Å². The molecule has 138 valence electrons. The van der Waals surface area contributed by atoms with E-state index in [0.29, 0.717) is 5.56 Å². The lowest BCUT2D eigenvalue weighted by Crippen LogP contribution is -2.28. The van der Waals surface area contributed by atoms with Gasteiger partial charge in [-0.1, -0.05) is 17.7 Å². The summed E-state index contributed by atoms with van der Waals surface area (Å²) in [5.74, 6) is -2.10. The summed E-state index contributed by atoms with van der Waals surface area (Å²) in [4.78, 5) is 23.4. The van der Waals surface area contributed by atoms with E-state index in [4.69, 9.17) is 16.3 Å². The zero-order chi connectivity index (χ0) is 19.3. The molecule has 0 aliphatic rings. The number of carbonyl (C=O) groups excluding carboxylic acids is 2. The van der Waals surface area contributed by atoms with Crippen molar-refractivity contribution in [2.75, 3.05) is 6.61 Å². The van der Waals surface area contributed by atoms with Gasteiger partial charge in [-0.15, -0.1) is 0 Å². The van der Waals surface area contributed by atoms with Gasteiger partial charge in [0, 0.05) is 11.6 Å². The Bertz CT molecular complexity index is 807. The molecule has 0 saturated carbocycles. The molecule has 2 aromatic rings. The highest BCUT2D eigenvalue weighted by molar-refractivity contribution is 6.31. The lowest BCUT2D eigenvalue weighted by atomic mass is 10.1. The molecule has 0 spiro atoms. The third-order valence-corrected chi connectivity index (χ3v) is 3.63. The van der Waals surface area contributed by atoms with Crippen molar-refractivity contribution >= 4 is 23.5 Å². The van der Waals surface area contributed by atoms with Crippen LogP contribution in [0.5, 0.6) is 0 Å². The smallest absolute Gasteiger partial charge is 0.416 e. The Morgan fingerprint density at radius 1 is 1.08 bits per heavy atom. The molecule has 2 aromatic carbocycles. The molecule has 0 saturated heterocycles. The maximum absolute atomic E-state index is 12.9. The molecule has 0 atom stereocenters. The minimum absolute atomic E-state index is 0.00419. The van der Waals surface area contributed by atoms with Crippen LogP contribution in [0.15, 0.2) is 42.5 Å². The van der Waals surface area contributed by atoms with Gasteiger partial charge in [0.25, 0.3) is 5.91 Å². The predicted molar refractivity (Wildman–Crippen MR) is 85.0 cm³/mol. The van der Waals surface area contributed by atoms with Crippen LogP contribution in [0.3, 0.4) is 0 Å². The van der Waals surface area contributed by atoms with Crippen molar-refractivity contribution in [3.8, 4) is 0 Å². The Hall–Kier alpha value is -2.61. The Morgan fingerprint density at radius 3 is 2.31 bits per heavy atom. The number of nitrogens with one attached hydrogen (secondary N) is 1. The summed E-state index contributed by atoms with van der Waals surface area (Å²) in [5, 5.41) is 2.55. The van der Waals surface area contributed by atoms with Crippen molar-refractivity contribution in [1.82, 2.24) is 5.32 Å². The van der Waals surface area contributed by atoms with Crippen molar-refractivity contribution in [3.05, 3.63) is 70.0 Å². The first-order chi connectivity index (χ1) is 12.2. The second-order valence-electron chi connectivity index (χ2n) is 5.16. The number of hydrogen-bond donors (Lipinski definition) is 1. The summed E-state index contributed by atoms with van der Waals surface area (Å²) in [6.45, 7) is -0.631. The normalized spacial score (nSPS) is 11.1. The standard InChI is InChI=1S/C17H12ClF4NO3/c18-14-7-13(19)6-3-11(14)8-23-15(24)9-26-16(25)10-1-4-12(5-2-10)17(20,21)22/h1-7H,8-9H2,(H,23,24). The number of alkyl halides is 3. The fourth-order valence-electron chi connectivity index (χ4n) is 1.92. The zero-order valence-corrected chi connectivity index (χ0v) is 13.8. The molecule has 0 heterocycles. The van der Waals surface area contributed by atoms with E-state index in [1.165, 1.54) is 12.1 Å². The molecule has 4 nitrogen and oxygen atoms in total. The van der Waals surface area contributed by atoms with Gasteiger partial charge in [-0.2, -0.15) is 13.2 Å². The van der Waals surface area contributed by atoms with Gasteiger partial charge in [0.1, 0.15) is 5.82 Å². The number of carbonyl (C=O) groups is 2. The highest BCUT2D eigenvalue weighted by Gasteiger charge is 2.30. The molecule has 1 amide bonds. The number of benzene rings is 2. The summed E-state index contributed by atoms with van der Waals surface area (Å²) in [6, 6.07) is 7.07. The fourth-order valence-corrected chi connectivity index (χ4v) is 2.15. The van der Waals surface area contributed by atoms with E-state index < -0.39 is 36.0 Å². The van der Waals surface area contributed by atoms with Gasteiger partial charge >= 0.3 is 12.1 Å². The Balaban J connectivity index is 1.84. The first kappa shape index (κ1) is 19.7. The van der Waals surface area contributed by atoms with Crippen molar-refractivity contribution in [2.24, 2.45) is 0 Å². The molecule has 0 fully saturated rings. The van der Waals surface area contributed by atoms with E-state index in [0.717, 1.165) is 30.3 Å². The predicted octanol–water partition coefficient (Wildman–Crippen LogP) is 3.97. The average Bonchev–Trinajstić information content (AvgIpc) is 2.58. The van der Waals surface area contributed by atoms with E-state index in [1.54, 1.807) is 0 Å². The van der Waals surface area contributed by atoms with Gasteiger partial charge in [-0.25, -0.2) is 9.18 Å². The van der Waals surface area contributed by atoms with Gasteiger partial charge in [0.2, 0.25) is 0 Å². The molecule has 1 N–H and O–H groups in total. The van der Waals surface area contributed by atoms with Crippen LogP contribution in [0.4, 0.5) is 17.6 Å². The Morgan fingerprint density at radius 2 is 1.73 bits per heavy atom. The number of esters is 1. The highest BCUT2D eigenvalue weighted by atomic mass is 35.5. The van der Waals surface area contributed by atoms with Gasteiger partial charge in [0.15, 0.2) is 6.61 Å². The first-order valence-corrected chi connectivity index (χ1v) is 7.59. The average molecular weight is 390 g/mol. The van der Waals surface area contributed by atoms with E-state index in [2.05, 4.69) is 5.32 Å². The van der Waals surface area contributed by atoms with Gasteiger partial charge in [-0.3, -0.25) is 4.79 Å². The Kier molecular flexibility index (Phi) is 6.20. The number of ether oxygens (including phenoxy) is 1. The molecular weight excluding hydrogens is 378 g/mol. The van der Waals surface area contributed by atoms with Crippen molar-refractivity contribution < 1.29 is 31.9 Å². The highest BCUT2D eigenvalue weighted by Crippen LogP contribution is 2.29. The Labute approximate surface area is 150 Å². The topological polar surface area (TPSA) is 55.4 Å². The van der Waals surface area contributed by atoms with Crippen LogP contribution in [-0.4, -0.2) is 18.5 Å². The van der Waals surface area contributed by atoms with Crippen molar-refractivity contribution in [2.45, 2.75) is 12.7 Å². The summed E-state index contributed by atoms with van der Waals surface area (Å²) in [5.41, 5.74) is -0.550. The first-order valence-electron chi connectivity index (χ1n) is 7.22. The molecule has 0 aromatic heterocycles. The monoisotopic (exact) mass is 389 g/mol. The summed E-state index contributed by atoms with van der Waals surface area (Å²) in [7, 11) is 0. The molecular formula is C17H12ClF4NO3. The lowest BCUT2D eigenvalue weighted by Gasteiger charge is -2.09. The van der Waals surface area contributed by atoms with Crippen LogP contribution in [0.2, 0.25) is 5.02 Å². The lowest BCUT2D eigenvalue weighted by molar-refractivity contribution is -0.137. The number of rotatable bonds is 5. The number of halogens is 5. The van der Waals surface area contributed by atoms with E-state index in [9.17, 15) is 27.2 Å². The molecule has 9 heteroatoms. The summed E-state index contributed by atoms with van der Waals surface area (Å²) >= 11 is 5.81. The minimum Gasteiger partial charge on any atom is -0.452 e. The number of hydrogen-bond acceptors (Lipinski definition) is 3. The quantitative estimate of drug-likeness (QED) is 0.622. The third-order valence-electron chi connectivity index (χ3n) is 3.27. The SMILES string of the molecule is O=C(COC(=O)c1ccc(C(F)(F)F)cc1)NCc1ccc(F)cc1Cl. The van der Waals surface area contributed by atoms with Gasteiger partial charge in [-0.05, 0) is 42.0 Å². The minimum atomic E-state index is -4.51. The van der Waals surface area contributed by atoms with Crippen LogP contribution in [0.1, 0.15) is 21.5 Å². The fraction of sp³-hybridized carbons (Fsp3) is 0.176. The molecule has 0 aliphatic carbocycles. The molecule has 0 bridgehead atoms. The second kappa shape index (κ2) is 8.18. The van der Waals surface area contributed by atoms with Crippen LogP contribution in [0, 0.1) is 5.82 Å². The summed E-state index contributed by atoms with van der Waals surface area (Å²) < 4.78 is 55.0. The summed E-state index contributed by atoms with van der Waals surface area (Å²) in [6.07, 6.45) is -4.51.